The number of hydrogen-bond acceptors (Lipinski definition) is 4. The van der Waals surface area contributed by atoms with E-state index in [0.717, 1.165) is 31.0 Å². The molecule has 1 N–H and O–H groups in total. The number of rotatable bonds is 3. The number of fused-ring (bicyclic) bond motifs is 1. The summed E-state index contributed by atoms with van der Waals surface area (Å²) >= 11 is 0. The maximum atomic E-state index is 13.1. The summed E-state index contributed by atoms with van der Waals surface area (Å²) in [6.45, 7) is 0. The van der Waals surface area contributed by atoms with Gasteiger partial charge in [0.15, 0.2) is 11.4 Å². The molecular formula is C11H11FNO4-. The summed E-state index contributed by atoms with van der Waals surface area (Å²) in [5.41, 5.74) is -0.118. The molecule has 0 amide bonds. The van der Waals surface area contributed by atoms with Gasteiger partial charge in [0, 0.05) is 25.0 Å². The van der Waals surface area contributed by atoms with Gasteiger partial charge in [-0.15, -0.1) is 0 Å². The Hall–Kier alpha value is -1.21. The molecule has 1 aromatic rings. The molecule has 1 saturated carbocycles. The van der Waals surface area contributed by atoms with Crippen LogP contribution in [-0.2, 0) is 4.74 Å². The summed E-state index contributed by atoms with van der Waals surface area (Å²) in [5.74, 6) is -0.485. The molecule has 1 aromatic carbocycles. The molecule has 1 aliphatic heterocycles. The first-order chi connectivity index (χ1) is 8.13. The average Bonchev–Trinajstić information content (AvgIpc) is 2.86. The highest BCUT2D eigenvalue weighted by Crippen LogP contribution is 2.40. The lowest BCUT2D eigenvalue weighted by Gasteiger charge is -2.27. The summed E-state index contributed by atoms with van der Waals surface area (Å²) in [4.78, 5) is 0. The normalized spacial score (nSPS) is 30.5. The zero-order valence-corrected chi connectivity index (χ0v) is 8.89. The van der Waals surface area contributed by atoms with Gasteiger partial charge in [0.25, 0.3) is 0 Å². The molecule has 2 fully saturated rings. The number of halogens is 1. The predicted molar refractivity (Wildman–Crippen MR) is 56.1 cm³/mol. The zero-order chi connectivity index (χ0) is 12.0. The van der Waals surface area contributed by atoms with Crippen LogP contribution in [0.2, 0.25) is 0 Å². The first-order valence-electron chi connectivity index (χ1n) is 5.46. The third kappa shape index (κ3) is 2.12. The quantitative estimate of drug-likeness (QED) is 0.621. The molecule has 1 saturated heterocycles. The molecule has 92 valence electrons. The van der Waals surface area contributed by atoms with Gasteiger partial charge in [-0.2, -0.15) is 0 Å². The van der Waals surface area contributed by atoms with Crippen LogP contribution in [0.3, 0.4) is 0 Å². The highest BCUT2D eigenvalue weighted by molar-refractivity contribution is 5.46. The number of benzene rings is 1. The highest BCUT2D eigenvalue weighted by Gasteiger charge is 2.49. The Morgan fingerprint density at radius 2 is 2.00 bits per heavy atom. The monoisotopic (exact) mass is 240 g/mol. The molecule has 0 radical (unpaired) electrons. The van der Waals surface area contributed by atoms with Gasteiger partial charge in [0.2, 0.25) is 0 Å². The number of epoxide rings is 1. The van der Waals surface area contributed by atoms with Crippen LogP contribution >= 0.6 is 0 Å². The summed E-state index contributed by atoms with van der Waals surface area (Å²) in [6.07, 6.45) is 1.83. The molecule has 0 spiro atoms. The Kier molecular flexibility index (Phi) is 2.52. The van der Waals surface area contributed by atoms with E-state index in [0.29, 0.717) is 0 Å². The Morgan fingerprint density at radius 3 is 2.65 bits per heavy atom. The van der Waals surface area contributed by atoms with Gasteiger partial charge in [-0.25, -0.2) is 4.39 Å². The van der Waals surface area contributed by atoms with Crippen LogP contribution in [0.4, 0.5) is 10.1 Å². The number of quaternary nitrogens is 1. The van der Waals surface area contributed by atoms with E-state index in [1.807, 2.05) is 0 Å². The van der Waals surface area contributed by atoms with Crippen molar-refractivity contribution in [2.24, 2.45) is 0 Å². The van der Waals surface area contributed by atoms with E-state index in [9.17, 15) is 14.8 Å². The van der Waals surface area contributed by atoms with Crippen molar-refractivity contribution in [1.82, 2.24) is 0 Å². The molecule has 1 heterocycles. The molecule has 0 aromatic heterocycles. The molecule has 2 unspecified atom stereocenters. The Labute approximate surface area is 96.9 Å². The Morgan fingerprint density at radius 1 is 1.29 bits per heavy atom. The second kappa shape index (κ2) is 3.92. The first-order valence-corrected chi connectivity index (χ1v) is 5.46. The largest absolute Gasteiger partial charge is 0.628 e. The minimum absolute atomic E-state index is 0.0382. The smallest absolute Gasteiger partial charge is 0.183 e. The lowest BCUT2D eigenvalue weighted by Crippen LogP contribution is -2.96. The average molecular weight is 240 g/mol. The van der Waals surface area contributed by atoms with Crippen LogP contribution in [0, 0.1) is 16.2 Å². The highest BCUT2D eigenvalue weighted by atomic mass is 19.1. The lowest BCUT2D eigenvalue weighted by atomic mass is 10.2. The van der Waals surface area contributed by atoms with Crippen LogP contribution < -0.4 is 9.96 Å². The lowest BCUT2D eigenvalue weighted by molar-refractivity contribution is -0.715. The zero-order valence-electron chi connectivity index (χ0n) is 8.89. The minimum atomic E-state index is -1.36. The summed E-state index contributed by atoms with van der Waals surface area (Å²) in [6, 6.07) is 3.31. The van der Waals surface area contributed by atoms with Crippen molar-refractivity contribution in [3.05, 3.63) is 34.4 Å². The standard InChI is InChI=1S/C11H11FNO4/c12-6-1-2-8(13(14)15)9(3-6)16-7-4-10-11(5-7)17-10/h1-3,7,10-11,13H,4-5H2/q-1. The van der Waals surface area contributed by atoms with Crippen LogP contribution in [-0.4, -0.2) is 18.3 Å². The van der Waals surface area contributed by atoms with Gasteiger partial charge in [0.1, 0.15) is 11.9 Å². The van der Waals surface area contributed by atoms with E-state index in [1.54, 1.807) is 0 Å². The number of nitrogens with one attached hydrogen (secondary N) is 1. The van der Waals surface area contributed by atoms with Crippen molar-refractivity contribution >= 4 is 5.69 Å². The van der Waals surface area contributed by atoms with Crippen molar-refractivity contribution in [2.45, 2.75) is 31.2 Å². The van der Waals surface area contributed by atoms with E-state index in [4.69, 9.17) is 9.47 Å². The maximum Gasteiger partial charge on any atom is 0.183 e. The fourth-order valence-corrected chi connectivity index (χ4v) is 2.25. The van der Waals surface area contributed by atoms with Crippen molar-refractivity contribution < 1.29 is 19.1 Å². The van der Waals surface area contributed by atoms with Crippen LogP contribution in [0.5, 0.6) is 5.75 Å². The molecule has 3 rings (SSSR count). The van der Waals surface area contributed by atoms with Crippen LogP contribution in [0.1, 0.15) is 12.8 Å². The van der Waals surface area contributed by atoms with E-state index in [2.05, 4.69) is 0 Å². The molecular weight excluding hydrogens is 229 g/mol. The van der Waals surface area contributed by atoms with Gasteiger partial charge < -0.3 is 25.1 Å². The van der Waals surface area contributed by atoms with E-state index in [1.165, 1.54) is 0 Å². The summed E-state index contributed by atoms with van der Waals surface area (Å²) < 4.78 is 23.8. The molecule has 5 nitrogen and oxygen atoms in total. The second-order valence-corrected chi connectivity index (χ2v) is 4.35. The van der Waals surface area contributed by atoms with E-state index in [-0.39, 0.29) is 29.7 Å². The first kappa shape index (κ1) is 10.9. The number of hydrogen-bond donors (Lipinski definition) is 1. The fraction of sp³-hybridized carbons (Fsp3) is 0.455. The Balaban J connectivity index is 1.78. The predicted octanol–water partition coefficient (Wildman–Crippen LogP) is 0.646. The van der Waals surface area contributed by atoms with Crippen molar-refractivity contribution in [3.63, 3.8) is 0 Å². The summed E-state index contributed by atoms with van der Waals surface area (Å²) in [7, 11) is 0. The molecule has 2 aliphatic rings. The van der Waals surface area contributed by atoms with Crippen molar-refractivity contribution in [2.75, 3.05) is 0 Å². The fourth-order valence-electron chi connectivity index (χ4n) is 2.25. The van der Waals surface area contributed by atoms with Gasteiger partial charge in [-0.1, -0.05) is 0 Å². The molecule has 17 heavy (non-hydrogen) atoms. The third-order valence-corrected chi connectivity index (χ3v) is 3.14. The van der Waals surface area contributed by atoms with Gasteiger partial charge in [0.05, 0.1) is 12.2 Å². The number of ether oxygens (including phenoxy) is 2. The van der Waals surface area contributed by atoms with E-state index >= 15 is 0 Å². The molecule has 0 bridgehead atoms. The van der Waals surface area contributed by atoms with Gasteiger partial charge in [-0.3, -0.25) is 0 Å². The van der Waals surface area contributed by atoms with Crippen LogP contribution in [0.15, 0.2) is 18.2 Å². The van der Waals surface area contributed by atoms with Crippen LogP contribution in [0.25, 0.3) is 0 Å². The molecule has 2 atom stereocenters. The van der Waals surface area contributed by atoms with Crippen molar-refractivity contribution in [3.8, 4) is 5.75 Å². The maximum absolute atomic E-state index is 13.1. The third-order valence-electron chi connectivity index (χ3n) is 3.14. The molecule has 6 heteroatoms. The van der Waals surface area contributed by atoms with Gasteiger partial charge >= 0.3 is 0 Å². The summed E-state index contributed by atoms with van der Waals surface area (Å²) in [5, 5.41) is 20.3. The minimum Gasteiger partial charge on any atom is -0.628 e. The Bertz CT molecular complexity index is 429. The van der Waals surface area contributed by atoms with E-state index < -0.39 is 11.0 Å². The van der Waals surface area contributed by atoms with Gasteiger partial charge in [-0.05, 0) is 6.07 Å². The second-order valence-electron chi connectivity index (χ2n) is 4.35. The topological polar surface area (TPSA) is 72.3 Å². The molecule has 1 aliphatic carbocycles. The SMILES string of the molecule is [O-][NH+]([O-])c1ccc(F)cc1OC1CC2OC2C1. The van der Waals surface area contributed by atoms with Crippen molar-refractivity contribution in [1.29, 1.82) is 0 Å².